The highest BCUT2D eigenvalue weighted by molar-refractivity contribution is 5.77. The van der Waals surface area contributed by atoms with Gasteiger partial charge in [-0.1, -0.05) is 25.0 Å². The molecule has 1 aliphatic heterocycles. The van der Waals surface area contributed by atoms with Gasteiger partial charge >= 0.3 is 24.5 Å². The quantitative estimate of drug-likeness (QED) is 0.262. The van der Waals surface area contributed by atoms with Gasteiger partial charge < -0.3 is 4.74 Å². The van der Waals surface area contributed by atoms with Gasteiger partial charge in [0, 0.05) is 12.6 Å². The standard InChI is InChI=1S/C28H28F9NO2/c1-40-24(39)25(11-2-3-12-25)20-10-13-38(23(15-20)17-4-6-19(7-5-17)26(29,30)31)16-18-14-21(27(32,33)34)8-9-22(18)28(35,36)37/h4-9,14,20,23H,2-3,10-13,15-16H2,1H3/t20?,23-/m1/s1. The van der Waals surface area contributed by atoms with Gasteiger partial charge in [0.1, 0.15) is 0 Å². The lowest BCUT2D eigenvalue weighted by molar-refractivity contribution is -0.158. The van der Waals surface area contributed by atoms with Crippen molar-refractivity contribution in [2.45, 2.75) is 69.6 Å². The first-order chi connectivity index (χ1) is 18.6. The summed E-state index contributed by atoms with van der Waals surface area (Å²) >= 11 is 0. The molecule has 40 heavy (non-hydrogen) atoms. The number of hydrogen-bond donors (Lipinski definition) is 0. The Labute approximate surface area is 225 Å². The van der Waals surface area contributed by atoms with Gasteiger partial charge in [-0.15, -0.1) is 0 Å². The molecule has 0 radical (unpaired) electrons. The second-order valence-corrected chi connectivity index (χ2v) is 10.5. The fourth-order valence-corrected chi connectivity index (χ4v) is 6.33. The van der Waals surface area contributed by atoms with Crippen molar-refractivity contribution in [2.75, 3.05) is 13.7 Å². The molecule has 1 saturated heterocycles. The molecule has 2 aromatic carbocycles. The summed E-state index contributed by atoms with van der Waals surface area (Å²) in [5.41, 5.74) is -4.38. The van der Waals surface area contributed by atoms with E-state index in [9.17, 15) is 44.3 Å². The van der Waals surface area contributed by atoms with Crippen molar-refractivity contribution < 1.29 is 49.0 Å². The molecule has 0 N–H and O–H groups in total. The van der Waals surface area contributed by atoms with Crippen molar-refractivity contribution in [3.63, 3.8) is 0 Å². The van der Waals surface area contributed by atoms with Crippen molar-refractivity contribution in [3.8, 4) is 0 Å². The molecule has 2 aromatic rings. The number of likely N-dealkylation sites (tertiary alicyclic amines) is 1. The van der Waals surface area contributed by atoms with Crippen LogP contribution in [0.5, 0.6) is 0 Å². The van der Waals surface area contributed by atoms with E-state index in [1.165, 1.54) is 19.2 Å². The number of hydrogen-bond acceptors (Lipinski definition) is 3. The van der Waals surface area contributed by atoms with Crippen LogP contribution in [0.4, 0.5) is 39.5 Å². The molecule has 220 valence electrons. The number of methoxy groups -OCH3 is 1. The van der Waals surface area contributed by atoms with Crippen molar-refractivity contribution in [1.29, 1.82) is 0 Å². The minimum Gasteiger partial charge on any atom is -0.469 e. The third-order valence-electron chi connectivity index (χ3n) is 8.32. The van der Waals surface area contributed by atoms with Gasteiger partial charge in [0.2, 0.25) is 0 Å². The van der Waals surface area contributed by atoms with Crippen LogP contribution in [0, 0.1) is 11.3 Å². The minimum absolute atomic E-state index is 0.128. The number of benzene rings is 2. The first kappa shape index (κ1) is 30.2. The summed E-state index contributed by atoms with van der Waals surface area (Å²) in [7, 11) is 1.27. The van der Waals surface area contributed by atoms with Crippen LogP contribution in [0.25, 0.3) is 0 Å². The number of piperidine rings is 1. The van der Waals surface area contributed by atoms with E-state index in [0.29, 0.717) is 43.0 Å². The number of ether oxygens (including phenoxy) is 1. The molecule has 2 aliphatic rings. The lowest BCUT2D eigenvalue weighted by atomic mass is 9.67. The Kier molecular flexibility index (Phi) is 8.23. The van der Waals surface area contributed by atoms with Crippen LogP contribution in [0.3, 0.4) is 0 Å². The van der Waals surface area contributed by atoms with Crippen LogP contribution >= 0.6 is 0 Å². The third kappa shape index (κ3) is 6.11. The van der Waals surface area contributed by atoms with Crippen molar-refractivity contribution in [1.82, 2.24) is 4.90 Å². The van der Waals surface area contributed by atoms with E-state index in [4.69, 9.17) is 4.74 Å². The van der Waals surface area contributed by atoms with E-state index >= 15 is 0 Å². The molecule has 0 bridgehead atoms. The van der Waals surface area contributed by atoms with Gasteiger partial charge in [0.15, 0.2) is 0 Å². The monoisotopic (exact) mass is 581 g/mol. The molecule has 2 atom stereocenters. The van der Waals surface area contributed by atoms with E-state index in [-0.39, 0.29) is 18.9 Å². The van der Waals surface area contributed by atoms with Crippen molar-refractivity contribution >= 4 is 5.97 Å². The van der Waals surface area contributed by atoms with Crippen LogP contribution in [0.2, 0.25) is 0 Å². The molecule has 1 saturated carbocycles. The van der Waals surface area contributed by atoms with E-state index in [0.717, 1.165) is 25.0 Å². The molecule has 4 rings (SSSR count). The summed E-state index contributed by atoms with van der Waals surface area (Å²) in [6.45, 7) is -0.384. The van der Waals surface area contributed by atoms with E-state index in [1.807, 2.05) is 0 Å². The van der Waals surface area contributed by atoms with Gasteiger partial charge in [0.25, 0.3) is 0 Å². The summed E-state index contributed by atoms with van der Waals surface area (Å²) in [4.78, 5) is 14.5. The maximum atomic E-state index is 13.8. The number of carbonyl (C=O) groups excluding carboxylic acids is 1. The SMILES string of the molecule is COC(=O)C1(C2CCN(Cc3cc(C(F)(F)F)ccc3C(F)(F)F)[C@@H](c3ccc(C(F)(F)F)cc3)C2)CCCC1. The average Bonchev–Trinajstić information content (AvgIpc) is 3.38. The van der Waals surface area contributed by atoms with Gasteiger partial charge in [-0.3, -0.25) is 9.69 Å². The first-order valence-electron chi connectivity index (χ1n) is 12.8. The highest BCUT2D eigenvalue weighted by Crippen LogP contribution is 2.52. The lowest BCUT2D eigenvalue weighted by Gasteiger charge is -2.45. The molecule has 1 heterocycles. The van der Waals surface area contributed by atoms with Gasteiger partial charge in [-0.25, -0.2) is 0 Å². The predicted octanol–water partition coefficient (Wildman–Crippen LogP) is 8.43. The van der Waals surface area contributed by atoms with Crippen LogP contribution < -0.4 is 0 Å². The molecule has 12 heteroatoms. The molecule has 3 nitrogen and oxygen atoms in total. The summed E-state index contributed by atoms with van der Waals surface area (Å²) in [6, 6.07) is 4.74. The number of halogens is 9. The molecule has 1 aliphatic carbocycles. The molecular weight excluding hydrogens is 553 g/mol. The van der Waals surface area contributed by atoms with E-state index in [1.54, 1.807) is 4.90 Å². The summed E-state index contributed by atoms with van der Waals surface area (Å²) in [5, 5.41) is 0. The zero-order valence-corrected chi connectivity index (χ0v) is 21.5. The Hall–Kier alpha value is -2.76. The maximum Gasteiger partial charge on any atom is 0.416 e. The Bertz CT molecular complexity index is 1200. The van der Waals surface area contributed by atoms with Crippen LogP contribution in [0.1, 0.15) is 72.4 Å². The topological polar surface area (TPSA) is 29.5 Å². The molecule has 0 amide bonds. The largest absolute Gasteiger partial charge is 0.469 e. The van der Waals surface area contributed by atoms with Crippen molar-refractivity contribution in [2.24, 2.45) is 11.3 Å². The number of alkyl halides is 9. The molecule has 2 fully saturated rings. The minimum atomic E-state index is -4.92. The second kappa shape index (κ2) is 10.9. The summed E-state index contributed by atoms with van der Waals surface area (Å²) < 4.78 is 126. The number of rotatable bonds is 5. The Morgan fingerprint density at radius 1 is 0.875 bits per heavy atom. The zero-order valence-electron chi connectivity index (χ0n) is 21.5. The smallest absolute Gasteiger partial charge is 0.416 e. The van der Waals surface area contributed by atoms with Crippen LogP contribution in [-0.4, -0.2) is 24.5 Å². The zero-order chi connectivity index (χ0) is 29.5. The van der Waals surface area contributed by atoms with Crippen LogP contribution in [-0.2, 0) is 34.6 Å². The van der Waals surface area contributed by atoms with Crippen molar-refractivity contribution in [3.05, 3.63) is 70.3 Å². The second-order valence-electron chi connectivity index (χ2n) is 10.5. The lowest BCUT2D eigenvalue weighted by Crippen LogP contribution is -2.45. The van der Waals surface area contributed by atoms with Crippen LogP contribution in [0.15, 0.2) is 42.5 Å². The summed E-state index contributed by atoms with van der Waals surface area (Å²) in [5.74, 6) is -0.665. The third-order valence-corrected chi connectivity index (χ3v) is 8.32. The highest BCUT2D eigenvalue weighted by Gasteiger charge is 2.51. The number of esters is 1. The molecule has 1 unspecified atom stereocenters. The fourth-order valence-electron chi connectivity index (χ4n) is 6.33. The molecule has 0 aromatic heterocycles. The summed E-state index contributed by atoms with van der Waals surface area (Å²) in [6.07, 6.45) is -11.1. The first-order valence-corrected chi connectivity index (χ1v) is 12.8. The van der Waals surface area contributed by atoms with E-state index < -0.39 is 64.8 Å². The van der Waals surface area contributed by atoms with E-state index in [2.05, 4.69) is 0 Å². The van der Waals surface area contributed by atoms with Gasteiger partial charge in [-0.2, -0.15) is 39.5 Å². The average molecular weight is 582 g/mol. The predicted molar refractivity (Wildman–Crippen MR) is 127 cm³/mol. The normalized spacial score (nSPS) is 22.4. The molecule has 0 spiro atoms. The Balaban J connectivity index is 1.74. The number of carbonyl (C=O) groups is 1. The highest BCUT2D eigenvalue weighted by atomic mass is 19.4. The Morgan fingerprint density at radius 3 is 1.98 bits per heavy atom. The van der Waals surface area contributed by atoms with Gasteiger partial charge in [0.05, 0.1) is 29.2 Å². The molecular formula is C28H28F9NO2. The Morgan fingerprint density at radius 2 is 1.45 bits per heavy atom. The maximum absolute atomic E-state index is 13.8. The number of nitrogens with zero attached hydrogens (tertiary/aromatic N) is 1. The van der Waals surface area contributed by atoms with Gasteiger partial charge in [-0.05, 0) is 79.6 Å². The fraction of sp³-hybridized carbons (Fsp3) is 0.536.